The van der Waals surface area contributed by atoms with Crippen molar-refractivity contribution < 1.29 is 19.4 Å². The number of aliphatic hydroxyl groups is 1. The molecular weight excluding hydrogens is 270 g/mol. The molecule has 0 spiro atoms. The molecule has 1 amide bonds. The van der Waals surface area contributed by atoms with Gasteiger partial charge in [0.1, 0.15) is 17.6 Å². The number of nitrogens with one attached hydrogen (secondary N) is 1. The van der Waals surface area contributed by atoms with Crippen LogP contribution in [0.4, 0.5) is 0 Å². The molecular formula is C16H19NO4. The van der Waals surface area contributed by atoms with Crippen LogP contribution in [0.25, 0.3) is 0 Å². The number of aliphatic hydroxyl groups excluding tert-OH is 1. The first-order valence-electron chi connectivity index (χ1n) is 6.78. The molecule has 1 heterocycles. The zero-order valence-electron chi connectivity index (χ0n) is 12.0. The Morgan fingerprint density at radius 3 is 2.76 bits per heavy atom. The quantitative estimate of drug-likeness (QED) is 0.790. The van der Waals surface area contributed by atoms with Gasteiger partial charge in [-0.05, 0) is 49.7 Å². The second kappa shape index (κ2) is 6.45. The van der Waals surface area contributed by atoms with E-state index >= 15 is 0 Å². The van der Waals surface area contributed by atoms with Gasteiger partial charge in [-0.25, -0.2) is 0 Å². The van der Waals surface area contributed by atoms with Gasteiger partial charge >= 0.3 is 0 Å². The van der Waals surface area contributed by atoms with Gasteiger partial charge in [0.25, 0.3) is 5.91 Å². The normalized spacial score (nSPS) is 13.7. The zero-order chi connectivity index (χ0) is 15.4. The molecule has 0 fully saturated rings. The number of phenols is 1. The third kappa shape index (κ3) is 4.10. The summed E-state index contributed by atoms with van der Waals surface area (Å²) in [6.07, 6.45) is 1.08. The molecule has 5 heteroatoms. The van der Waals surface area contributed by atoms with Crippen LogP contribution in [-0.2, 0) is 0 Å². The molecule has 0 radical (unpaired) electrons. The minimum Gasteiger partial charge on any atom is -0.508 e. The molecule has 0 aliphatic carbocycles. The number of aryl methyl sites for hydroxylation is 1. The van der Waals surface area contributed by atoms with Gasteiger partial charge < -0.3 is 19.9 Å². The fraction of sp³-hybridized carbons (Fsp3) is 0.312. The highest BCUT2D eigenvalue weighted by Gasteiger charge is 2.17. The Morgan fingerprint density at radius 1 is 1.38 bits per heavy atom. The van der Waals surface area contributed by atoms with Crippen molar-refractivity contribution in [3.05, 3.63) is 53.5 Å². The van der Waals surface area contributed by atoms with E-state index in [9.17, 15) is 15.0 Å². The number of amides is 1. The molecule has 5 nitrogen and oxygen atoms in total. The van der Waals surface area contributed by atoms with E-state index in [-0.39, 0.29) is 17.7 Å². The largest absolute Gasteiger partial charge is 0.508 e. The third-order valence-corrected chi connectivity index (χ3v) is 3.15. The number of hydrogen-bond acceptors (Lipinski definition) is 4. The van der Waals surface area contributed by atoms with Gasteiger partial charge in [0.2, 0.25) is 0 Å². The number of furan rings is 1. The van der Waals surface area contributed by atoms with Crippen molar-refractivity contribution in [2.45, 2.75) is 32.4 Å². The summed E-state index contributed by atoms with van der Waals surface area (Å²) in [6, 6.07) is 7.86. The molecule has 2 aromatic rings. The summed E-state index contributed by atoms with van der Waals surface area (Å²) in [5, 5.41) is 22.3. The van der Waals surface area contributed by atoms with Crippen molar-refractivity contribution in [1.29, 1.82) is 0 Å². The molecule has 0 saturated carbocycles. The number of carbonyl (C=O) groups excluding carboxylic acids is 1. The molecule has 0 saturated heterocycles. The van der Waals surface area contributed by atoms with Crippen molar-refractivity contribution in [3.8, 4) is 5.75 Å². The highest BCUT2D eigenvalue weighted by atomic mass is 16.4. The van der Waals surface area contributed by atoms with Crippen molar-refractivity contribution in [1.82, 2.24) is 5.32 Å². The van der Waals surface area contributed by atoms with E-state index in [1.165, 1.54) is 12.3 Å². The summed E-state index contributed by atoms with van der Waals surface area (Å²) < 4.78 is 5.12. The van der Waals surface area contributed by atoms with Crippen LogP contribution in [0.1, 0.15) is 41.1 Å². The minimum atomic E-state index is -0.763. The van der Waals surface area contributed by atoms with Crippen molar-refractivity contribution in [2.24, 2.45) is 0 Å². The van der Waals surface area contributed by atoms with Crippen molar-refractivity contribution in [2.75, 3.05) is 0 Å². The van der Waals surface area contributed by atoms with Crippen LogP contribution in [0.2, 0.25) is 0 Å². The molecule has 0 unspecified atom stereocenters. The molecule has 0 aliphatic rings. The second-order valence-corrected chi connectivity index (χ2v) is 5.20. The van der Waals surface area contributed by atoms with E-state index in [1.807, 2.05) is 0 Å². The maximum atomic E-state index is 12.1. The van der Waals surface area contributed by atoms with Crippen LogP contribution in [0.5, 0.6) is 5.75 Å². The molecule has 0 aliphatic heterocycles. The lowest BCUT2D eigenvalue weighted by Gasteiger charge is -2.17. The second-order valence-electron chi connectivity index (χ2n) is 5.20. The summed E-state index contributed by atoms with van der Waals surface area (Å²) in [5.74, 6) is 0.251. The summed E-state index contributed by atoms with van der Waals surface area (Å²) in [4.78, 5) is 12.1. The van der Waals surface area contributed by atoms with E-state index in [1.54, 1.807) is 38.1 Å². The van der Waals surface area contributed by atoms with E-state index < -0.39 is 6.10 Å². The van der Waals surface area contributed by atoms with Crippen molar-refractivity contribution in [3.63, 3.8) is 0 Å². The van der Waals surface area contributed by atoms with Crippen LogP contribution < -0.4 is 5.32 Å². The highest BCUT2D eigenvalue weighted by molar-refractivity contribution is 5.94. The standard InChI is InChI=1S/C16H19NO4/c1-10-6-12(9-13(18)7-10)16(20)17-11(2)8-14(19)15-4-3-5-21-15/h3-7,9,11,14,18-19H,8H2,1-2H3,(H,17,20)/t11-,14-/m0/s1. The maximum Gasteiger partial charge on any atom is 0.251 e. The van der Waals surface area contributed by atoms with Gasteiger partial charge in [0, 0.05) is 18.0 Å². The minimum absolute atomic E-state index is 0.0587. The Kier molecular flexibility index (Phi) is 4.65. The number of phenolic OH excluding ortho intramolecular Hbond substituents is 1. The number of aromatic hydroxyl groups is 1. The monoisotopic (exact) mass is 289 g/mol. The number of rotatable bonds is 5. The smallest absolute Gasteiger partial charge is 0.251 e. The Balaban J connectivity index is 1.95. The third-order valence-electron chi connectivity index (χ3n) is 3.15. The summed E-state index contributed by atoms with van der Waals surface area (Å²) in [6.45, 7) is 3.61. The van der Waals surface area contributed by atoms with Crippen LogP contribution in [0.3, 0.4) is 0 Å². The van der Waals surface area contributed by atoms with E-state index in [0.717, 1.165) is 5.56 Å². The number of carbonyl (C=O) groups is 1. The first-order chi connectivity index (χ1) is 9.95. The van der Waals surface area contributed by atoms with Crippen LogP contribution in [0, 0.1) is 6.92 Å². The summed E-state index contributed by atoms with van der Waals surface area (Å²) in [7, 11) is 0. The predicted octanol–water partition coefficient (Wildman–Crippen LogP) is 2.54. The fourth-order valence-corrected chi connectivity index (χ4v) is 2.19. The lowest BCUT2D eigenvalue weighted by Crippen LogP contribution is -2.33. The SMILES string of the molecule is Cc1cc(O)cc(C(=O)N[C@@H](C)C[C@H](O)c2ccco2)c1. The van der Waals surface area contributed by atoms with Gasteiger partial charge in [-0.15, -0.1) is 0 Å². The molecule has 3 N–H and O–H groups in total. The molecule has 1 aromatic carbocycles. The first kappa shape index (κ1) is 15.1. The molecule has 1 aromatic heterocycles. The van der Waals surface area contributed by atoms with Crippen LogP contribution in [0.15, 0.2) is 41.0 Å². The van der Waals surface area contributed by atoms with Gasteiger partial charge in [-0.2, -0.15) is 0 Å². The zero-order valence-corrected chi connectivity index (χ0v) is 12.0. The molecule has 0 bridgehead atoms. The fourth-order valence-electron chi connectivity index (χ4n) is 2.19. The number of benzene rings is 1. The van der Waals surface area contributed by atoms with E-state index in [2.05, 4.69) is 5.32 Å². The molecule has 2 rings (SSSR count). The average Bonchev–Trinajstić information content (AvgIpc) is 2.91. The molecule has 2 atom stereocenters. The van der Waals surface area contributed by atoms with Gasteiger partial charge in [0.15, 0.2) is 0 Å². The Hall–Kier alpha value is -2.27. The lowest BCUT2D eigenvalue weighted by molar-refractivity contribution is 0.0902. The Labute approximate surface area is 123 Å². The average molecular weight is 289 g/mol. The summed E-state index contributed by atoms with van der Waals surface area (Å²) >= 11 is 0. The van der Waals surface area contributed by atoms with E-state index in [4.69, 9.17) is 4.42 Å². The topological polar surface area (TPSA) is 82.7 Å². The Bertz CT molecular complexity index is 586. The Morgan fingerprint density at radius 2 is 2.14 bits per heavy atom. The maximum absolute atomic E-state index is 12.1. The van der Waals surface area contributed by atoms with Crippen LogP contribution >= 0.6 is 0 Å². The highest BCUT2D eigenvalue weighted by Crippen LogP contribution is 2.19. The van der Waals surface area contributed by atoms with Crippen molar-refractivity contribution >= 4 is 5.91 Å². The lowest BCUT2D eigenvalue weighted by atomic mass is 10.1. The number of hydrogen-bond donors (Lipinski definition) is 3. The van der Waals surface area contributed by atoms with Gasteiger partial charge in [0.05, 0.1) is 6.26 Å². The van der Waals surface area contributed by atoms with Crippen LogP contribution in [-0.4, -0.2) is 22.2 Å². The van der Waals surface area contributed by atoms with Gasteiger partial charge in [-0.1, -0.05) is 0 Å². The molecule has 21 heavy (non-hydrogen) atoms. The molecule has 112 valence electrons. The van der Waals surface area contributed by atoms with Gasteiger partial charge in [-0.3, -0.25) is 4.79 Å². The first-order valence-corrected chi connectivity index (χ1v) is 6.78. The summed E-state index contributed by atoms with van der Waals surface area (Å²) in [5.41, 5.74) is 1.20. The predicted molar refractivity (Wildman–Crippen MR) is 78.1 cm³/mol. The van der Waals surface area contributed by atoms with E-state index in [0.29, 0.717) is 17.7 Å².